The number of carbonyl (C=O) groups excluding carboxylic acids is 6. The summed E-state index contributed by atoms with van der Waals surface area (Å²) in [5.74, 6) is -1.30. The van der Waals surface area contributed by atoms with Crippen molar-refractivity contribution in [2.24, 2.45) is 0 Å². The molecule has 0 bridgehead atoms. The van der Waals surface area contributed by atoms with Crippen molar-refractivity contribution in [3.05, 3.63) is 58.7 Å². The zero-order valence-corrected chi connectivity index (χ0v) is 20.4. The Bertz CT molecular complexity index is 1030. The van der Waals surface area contributed by atoms with E-state index in [9.17, 15) is 28.8 Å². The summed E-state index contributed by atoms with van der Waals surface area (Å²) in [6.07, 6.45) is 2.20. The number of unbranched alkanes of at least 4 members (excludes halogenated alkanes) is 2. The number of nitrogens with one attached hydrogen (secondary N) is 2. The minimum Gasteiger partial charge on any atom is -0.326 e. The molecule has 0 aliphatic carbocycles. The van der Waals surface area contributed by atoms with Gasteiger partial charge in [0.25, 0.3) is 0 Å². The molecule has 0 saturated carbocycles. The van der Waals surface area contributed by atoms with E-state index in [-0.39, 0.29) is 47.8 Å². The molecule has 184 valence electrons. The molecule has 2 aromatic rings. The Balaban J connectivity index is 1.82. The molecule has 0 aromatic heterocycles. The molecular weight excluding hydrogens is 448 g/mol. The molecule has 8 heteroatoms. The molecule has 0 atom stereocenters. The van der Waals surface area contributed by atoms with Crippen LogP contribution >= 0.6 is 0 Å². The lowest BCUT2D eigenvalue weighted by molar-refractivity contribution is -0.116. The summed E-state index contributed by atoms with van der Waals surface area (Å²) in [6, 6.07) is 9.15. The van der Waals surface area contributed by atoms with E-state index in [0.717, 1.165) is 0 Å². The monoisotopic (exact) mass is 478 g/mol. The topological polar surface area (TPSA) is 126 Å². The second-order valence-electron chi connectivity index (χ2n) is 8.48. The average Bonchev–Trinajstić information content (AvgIpc) is 2.78. The van der Waals surface area contributed by atoms with Gasteiger partial charge in [0.15, 0.2) is 23.1 Å². The summed E-state index contributed by atoms with van der Waals surface area (Å²) < 4.78 is 0. The highest BCUT2D eigenvalue weighted by atomic mass is 16.2. The molecule has 0 unspecified atom stereocenters. The predicted octanol–water partition coefficient (Wildman–Crippen LogP) is 5.02. The fraction of sp³-hybridized carbons (Fsp3) is 0.333. The SMILES string of the molecule is CC(=O)c1cc(NC(=O)CCCCCC(=O)Nc2cc(C(C)=O)cc(C(C)=O)c2)cc(C(C)=O)c1. The normalized spacial score (nSPS) is 10.4. The molecule has 8 nitrogen and oxygen atoms in total. The van der Waals surface area contributed by atoms with Crippen molar-refractivity contribution in [2.75, 3.05) is 10.6 Å². The van der Waals surface area contributed by atoms with E-state index in [2.05, 4.69) is 10.6 Å². The van der Waals surface area contributed by atoms with Crippen LogP contribution in [0.15, 0.2) is 36.4 Å². The van der Waals surface area contributed by atoms with Crippen LogP contribution < -0.4 is 10.6 Å². The first-order valence-electron chi connectivity index (χ1n) is 11.4. The van der Waals surface area contributed by atoms with Crippen LogP contribution in [0, 0.1) is 0 Å². The van der Waals surface area contributed by atoms with E-state index in [4.69, 9.17) is 0 Å². The van der Waals surface area contributed by atoms with Gasteiger partial charge in [0.05, 0.1) is 0 Å². The van der Waals surface area contributed by atoms with Gasteiger partial charge >= 0.3 is 0 Å². The summed E-state index contributed by atoms with van der Waals surface area (Å²) >= 11 is 0. The van der Waals surface area contributed by atoms with Crippen LogP contribution in [-0.2, 0) is 9.59 Å². The summed E-state index contributed by atoms with van der Waals surface area (Å²) in [5, 5.41) is 5.43. The Morgan fingerprint density at radius 2 is 0.771 bits per heavy atom. The van der Waals surface area contributed by atoms with Gasteiger partial charge in [0.1, 0.15) is 0 Å². The van der Waals surface area contributed by atoms with Crippen molar-refractivity contribution in [3.8, 4) is 0 Å². The van der Waals surface area contributed by atoms with Gasteiger partial charge in [0, 0.05) is 46.5 Å². The lowest BCUT2D eigenvalue weighted by atomic mass is 10.0. The van der Waals surface area contributed by atoms with E-state index in [1.165, 1.54) is 64.1 Å². The van der Waals surface area contributed by atoms with Crippen LogP contribution in [-0.4, -0.2) is 34.9 Å². The first-order chi connectivity index (χ1) is 16.5. The molecule has 0 heterocycles. The van der Waals surface area contributed by atoms with E-state index in [1.807, 2.05) is 0 Å². The highest BCUT2D eigenvalue weighted by Crippen LogP contribution is 2.19. The molecule has 2 amide bonds. The Labute approximate surface area is 204 Å². The zero-order valence-electron chi connectivity index (χ0n) is 20.4. The highest BCUT2D eigenvalue weighted by Gasteiger charge is 2.12. The molecule has 0 aliphatic rings. The Hall–Kier alpha value is -3.94. The third-order valence-corrected chi connectivity index (χ3v) is 5.37. The number of carbonyl (C=O) groups is 6. The minimum absolute atomic E-state index is 0.201. The Kier molecular flexibility index (Phi) is 9.75. The Morgan fingerprint density at radius 3 is 1.03 bits per heavy atom. The fourth-order valence-electron chi connectivity index (χ4n) is 3.41. The molecule has 2 aromatic carbocycles. The van der Waals surface area contributed by atoms with Crippen molar-refractivity contribution in [3.63, 3.8) is 0 Å². The number of hydrogen-bond donors (Lipinski definition) is 2. The number of hydrogen-bond acceptors (Lipinski definition) is 6. The molecule has 0 saturated heterocycles. The second-order valence-corrected chi connectivity index (χ2v) is 8.48. The highest BCUT2D eigenvalue weighted by molar-refractivity contribution is 6.03. The number of amides is 2. The summed E-state index contributed by atoms with van der Waals surface area (Å²) in [4.78, 5) is 71.3. The quantitative estimate of drug-likeness (QED) is 0.326. The van der Waals surface area contributed by atoms with Crippen LogP contribution in [0.4, 0.5) is 11.4 Å². The predicted molar refractivity (Wildman–Crippen MR) is 133 cm³/mol. The van der Waals surface area contributed by atoms with Gasteiger partial charge in [-0.25, -0.2) is 0 Å². The maximum Gasteiger partial charge on any atom is 0.224 e. The number of Topliss-reactive ketones (excluding diaryl/α,β-unsaturated/α-hetero) is 4. The van der Waals surface area contributed by atoms with Gasteiger partial charge in [-0.2, -0.15) is 0 Å². The van der Waals surface area contributed by atoms with Crippen LogP contribution in [0.2, 0.25) is 0 Å². The third kappa shape index (κ3) is 8.73. The molecule has 35 heavy (non-hydrogen) atoms. The lowest BCUT2D eigenvalue weighted by Gasteiger charge is -2.10. The number of rotatable bonds is 12. The van der Waals surface area contributed by atoms with E-state index in [0.29, 0.717) is 52.9 Å². The molecule has 2 rings (SSSR count). The molecule has 2 N–H and O–H groups in total. The summed E-state index contributed by atoms with van der Waals surface area (Å²) in [5.41, 5.74) is 2.19. The minimum atomic E-state index is -0.248. The average molecular weight is 479 g/mol. The molecule has 0 aliphatic heterocycles. The zero-order chi connectivity index (χ0) is 26.1. The molecule has 0 spiro atoms. The number of ketones is 4. The van der Waals surface area contributed by atoms with E-state index in [1.54, 1.807) is 0 Å². The Morgan fingerprint density at radius 1 is 0.486 bits per heavy atom. The van der Waals surface area contributed by atoms with E-state index >= 15 is 0 Å². The van der Waals surface area contributed by atoms with Gasteiger partial charge in [0.2, 0.25) is 11.8 Å². The smallest absolute Gasteiger partial charge is 0.224 e. The van der Waals surface area contributed by atoms with Gasteiger partial charge in [-0.15, -0.1) is 0 Å². The largest absolute Gasteiger partial charge is 0.326 e. The van der Waals surface area contributed by atoms with Gasteiger partial charge < -0.3 is 10.6 Å². The van der Waals surface area contributed by atoms with Crippen LogP contribution in [0.3, 0.4) is 0 Å². The van der Waals surface area contributed by atoms with Crippen LogP contribution in [0.5, 0.6) is 0 Å². The number of anilines is 2. The van der Waals surface area contributed by atoms with Gasteiger partial charge in [-0.1, -0.05) is 6.42 Å². The lowest BCUT2D eigenvalue weighted by Crippen LogP contribution is -2.13. The maximum atomic E-state index is 12.3. The summed E-state index contributed by atoms with van der Waals surface area (Å²) in [6.45, 7) is 5.57. The molecule has 0 radical (unpaired) electrons. The first kappa shape index (κ1) is 27.3. The van der Waals surface area contributed by atoms with Crippen LogP contribution in [0.25, 0.3) is 0 Å². The first-order valence-corrected chi connectivity index (χ1v) is 11.4. The van der Waals surface area contributed by atoms with Crippen molar-refractivity contribution < 1.29 is 28.8 Å². The molecule has 0 fully saturated rings. The van der Waals surface area contributed by atoms with Gasteiger partial charge in [-0.3, -0.25) is 28.8 Å². The van der Waals surface area contributed by atoms with Gasteiger partial charge in [-0.05, 0) is 76.9 Å². The van der Waals surface area contributed by atoms with E-state index < -0.39 is 0 Å². The van der Waals surface area contributed by atoms with Crippen molar-refractivity contribution in [1.82, 2.24) is 0 Å². The maximum absolute atomic E-state index is 12.3. The van der Waals surface area contributed by atoms with Crippen molar-refractivity contribution in [2.45, 2.75) is 59.8 Å². The summed E-state index contributed by atoms with van der Waals surface area (Å²) in [7, 11) is 0. The number of benzene rings is 2. The third-order valence-electron chi connectivity index (χ3n) is 5.37. The fourth-order valence-corrected chi connectivity index (χ4v) is 3.41. The van der Waals surface area contributed by atoms with Crippen LogP contribution in [0.1, 0.15) is 101 Å². The molecular formula is C27H30N2O6. The second kappa shape index (κ2) is 12.5. The van der Waals surface area contributed by atoms with Crippen molar-refractivity contribution in [1.29, 1.82) is 0 Å². The van der Waals surface area contributed by atoms with Crippen molar-refractivity contribution >= 4 is 46.3 Å². The standard InChI is InChI=1S/C27H30N2O6/c1-16(30)20-10-21(17(2)31)13-24(12-20)28-26(34)8-6-5-7-9-27(35)29-25-14-22(18(3)32)11-23(15-25)19(4)33/h10-15H,5-9H2,1-4H3,(H,28,34)(H,29,35).